The molecule has 1 aromatic carbocycles. The number of nitrogens with two attached hydrogens (primary N) is 1. The average molecular weight is 357 g/mol. The molecule has 0 unspecified atom stereocenters. The van der Waals surface area contributed by atoms with E-state index < -0.39 is 0 Å². The van der Waals surface area contributed by atoms with Crippen molar-refractivity contribution in [3.8, 4) is 0 Å². The zero-order valence-electron chi connectivity index (χ0n) is 11.5. The molecule has 1 fully saturated rings. The van der Waals surface area contributed by atoms with Crippen molar-refractivity contribution in [2.45, 2.75) is 49.1 Å². The number of hydrogen-bond donors (Lipinski definition) is 2. The van der Waals surface area contributed by atoms with E-state index in [0.29, 0.717) is 18.5 Å². The molecule has 1 aromatic rings. The van der Waals surface area contributed by atoms with Gasteiger partial charge in [0.15, 0.2) is 0 Å². The molecule has 3 nitrogen and oxygen atoms in total. The first-order valence-corrected chi connectivity index (χ1v) is 8.84. The van der Waals surface area contributed by atoms with Gasteiger partial charge >= 0.3 is 0 Å². The van der Waals surface area contributed by atoms with E-state index in [9.17, 15) is 4.79 Å². The third-order valence-corrected chi connectivity index (χ3v) is 5.09. The van der Waals surface area contributed by atoms with Crippen molar-refractivity contribution in [2.75, 3.05) is 5.75 Å². The highest BCUT2D eigenvalue weighted by Crippen LogP contribution is 2.21. The normalized spacial score (nSPS) is 22.5. The van der Waals surface area contributed by atoms with Crippen LogP contribution in [0, 0.1) is 0 Å². The molecule has 1 aliphatic carbocycles. The largest absolute Gasteiger partial charge is 0.353 e. The summed E-state index contributed by atoms with van der Waals surface area (Å²) >= 11 is 5.13. The van der Waals surface area contributed by atoms with Crippen molar-refractivity contribution in [1.82, 2.24) is 5.32 Å². The van der Waals surface area contributed by atoms with E-state index in [0.717, 1.165) is 35.9 Å². The second-order valence-corrected chi connectivity index (χ2v) is 7.32. The minimum atomic E-state index is 0.162. The molecule has 3 N–H and O–H groups in total. The second kappa shape index (κ2) is 8.05. The Morgan fingerprint density at radius 3 is 2.55 bits per heavy atom. The lowest BCUT2D eigenvalue weighted by Gasteiger charge is -2.26. The number of halogens is 1. The molecule has 0 bridgehead atoms. The van der Waals surface area contributed by atoms with Gasteiger partial charge in [0.1, 0.15) is 0 Å². The van der Waals surface area contributed by atoms with Crippen molar-refractivity contribution in [3.63, 3.8) is 0 Å². The zero-order valence-corrected chi connectivity index (χ0v) is 13.9. The molecule has 0 radical (unpaired) electrons. The molecule has 1 saturated carbocycles. The monoisotopic (exact) mass is 356 g/mol. The number of rotatable bonds is 5. The molecule has 0 aliphatic heterocycles. The Balaban J connectivity index is 1.64. The fraction of sp³-hybridized carbons (Fsp3) is 0.533. The van der Waals surface area contributed by atoms with Gasteiger partial charge in [0.25, 0.3) is 0 Å². The SMILES string of the molecule is NC1CCC(NC(=O)CCSc2ccc(Br)cc2)CC1. The van der Waals surface area contributed by atoms with E-state index in [-0.39, 0.29) is 5.91 Å². The van der Waals surface area contributed by atoms with E-state index in [1.165, 1.54) is 4.90 Å². The minimum Gasteiger partial charge on any atom is -0.353 e. The Bertz CT molecular complexity index is 430. The Morgan fingerprint density at radius 2 is 1.90 bits per heavy atom. The van der Waals surface area contributed by atoms with Crippen LogP contribution in [0.2, 0.25) is 0 Å². The summed E-state index contributed by atoms with van der Waals surface area (Å²) in [6.07, 6.45) is 4.67. The van der Waals surface area contributed by atoms with Crippen LogP contribution in [0.15, 0.2) is 33.6 Å². The Kier molecular flexibility index (Phi) is 6.39. The molecule has 2 rings (SSSR count). The molecule has 20 heavy (non-hydrogen) atoms. The first-order valence-electron chi connectivity index (χ1n) is 7.07. The third kappa shape index (κ3) is 5.46. The van der Waals surface area contributed by atoms with Gasteiger partial charge in [-0.05, 0) is 49.9 Å². The molecular formula is C15H21BrN2OS. The molecule has 0 aromatic heterocycles. The van der Waals surface area contributed by atoms with E-state index in [4.69, 9.17) is 5.73 Å². The number of carbonyl (C=O) groups is 1. The van der Waals surface area contributed by atoms with Crippen LogP contribution >= 0.6 is 27.7 Å². The highest BCUT2D eigenvalue weighted by Gasteiger charge is 2.19. The van der Waals surface area contributed by atoms with E-state index in [1.54, 1.807) is 11.8 Å². The van der Waals surface area contributed by atoms with Crippen molar-refractivity contribution in [3.05, 3.63) is 28.7 Å². The highest BCUT2D eigenvalue weighted by molar-refractivity contribution is 9.10. The number of benzene rings is 1. The fourth-order valence-electron chi connectivity index (χ4n) is 2.36. The molecule has 0 heterocycles. The predicted octanol–water partition coefficient (Wildman–Crippen LogP) is 3.32. The van der Waals surface area contributed by atoms with Crippen LogP contribution in [0.5, 0.6) is 0 Å². The first-order chi connectivity index (χ1) is 9.63. The Morgan fingerprint density at radius 1 is 1.25 bits per heavy atom. The van der Waals surface area contributed by atoms with E-state index >= 15 is 0 Å². The van der Waals surface area contributed by atoms with Gasteiger partial charge in [-0.2, -0.15) is 0 Å². The fourth-order valence-corrected chi connectivity index (χ4v) is 3.47. The number of nitrogens with one attached hydrogen (secondary N) is 1. The highest BCUT2D eigenvalue weighted by atomic mass is 79.9. The zero-order chi connectivity index (χ0) is 14.4. The van der Waals surface area contributed by atoms with E-state index in [1.807, 2.05) is 12.1 Å². The summed E-state index contributed by atoms with van der Waals surface area (Å²) in [6.45, 7) is 0. The van der Waals surface area contributed by atoms with Crippen molar-refractivity contribution in [2.24, 2.45) is 5.73 Å². The summed E-state index contributed by atoms with van der Waals surface area (Å²) in [5.41, 5.74) is 5.86. The summed E-state index contributed by atoms with van der Waals surface area (Å²) < 4.78 is 1.08. The second-order valence-electron chi connectivity index (χ2n) is 5.23. The van der Waals surface area contributed by atoms with Crippen molar-refractivity contribution < 1.29 is 4.79 Å². The van der Waals surface area contributed by atoms with Crippen LogP contribution in [0.4, 0.5) is 0 Å². The van der Waals surface area contributed by atoms with Crippen LogP contribution in [-0.2, 0) is 4.79 Å². The standard InChI is InChI=1S/C15H21BrN2OS/c16-11-1-7-14(8-2-11)20-10-9-15(19)18-13-5-3-12(17)4-6-13/h1-2,7-8,12-13H,3-6,9-10,17H2,(H,18,19). The lowest BCUT2D eigenvalue weighted by molar-refractivity contribution is -0.121. The summed E-state index contributed by atoms with van der Waals surface area (Å²) in [6, 6.07) is 8.84. The van der Waals surface area contributed by atoms with Gasteiger partial charge in [0.05, 0.1) is 0 Å². The summed E-state index contributed by atoms with van der Waals surface area (Å²) in [7, 11) is 0. The minimum absolute atomic E-state index is 0.162. The molecule has 0 saturated heterocycles. The van der Waals surface area contributed by atoms with Gasteiger partial charge in [-0.3, -0.25) is 4.79 Å². The maximum Gasteiger partial charge on any atom is 0.221 e. The third-order valence-electron chi connectivity index (χ3n) is 3.55. The number of hydrogen-bond acceptors (Lipinski definition) is 3. The quantitative estimate of drug-likeness (QED) is 0.795. The van der Waals surface area contributed by atoms with Crippen LogP contribution in [0.25, 0.3) is 0 Å². The summed E-state index contributed by atoms with van der Waals surface area (Å²) in [5, 5.41) is 3.12. The van der Waals surface area contributed by atoms with Crippen LogP contribution in [0.1, 0.15) is 32.1 Å². The molecule has 1 amide bonds. The molecule has 5 heteroatoms. The first kappa shape index (κ1) is 15.9. The molecule has 110 valence electrons. The average Bonchev–Trinajstić information content (AvgIpc) is 2.44. The number of amides is 1. The molecule has 0 spiro atoms. The van der Waals surface area contributed by atoms with Gasteiger partial charge in [-0.25, -0.2) is 0 Å². The van der Waals surface area contributed by atoms with Crippen LogP contribution in [-0.4, -0.2) is 23.7 Å². The van der Waals surface area contributed by atoms with Gasteiger partial charge < -0.3 is 11.1 Å². The van der Waals surface area contributed by atoms with E-state index in [2.05, 4.69) is 33.4 Å². The molecule has 0 atom stereocenters. The van der Waals surface area contributed by atoms with Crippen LogP contribution < -0.4 is 11.1 Å². The smallest absolute Gasteiger partial charge is 0.221 e. The van der Waals surface area contributed by atoms with Gasteiger partial charge in [0, 0.05) is 33.6 Å². The molecule has 1 aliphatic rings. The lowest BCUT2D eigenvalue weighted by Crippen LogP contribution is -2.40. The van der Waals surface area contributed by atoms with Crippen LogP contribution in [0.3, 0.4) is 0 Å². The van der Waals surface area contributed by atoms with Gasteiger partial charge in [-0.1, -0.05) is 15.9 Å². The van der Waals surface area contributed by atoms with Gasteiger partial charge in [-0.15, -0.1) is 11.8 Å². The van der Waals surface area contributed by atoms with Gasteiger partial charge in [0.2, 0.25) is 5.91 Å². The Hall–Kier alpha value is -0.520. The lowest BCUT2D eigenvalue weighted by atomic mass is 9.92. The summed E-state index contributed by atoms with van der Waals surface area (Å²) in [4.78, 5) is 13.1. The maximum atomic E-state index is 11.9. The Labute approximate surface area is 133 Å². The van der Waals surface area contributed by atoms with Crippen molar-refractivity contribution >= 4 is 33.6 Å². The molecular weight excluding hydrogens is 336 g/mol. The maximum absolute atomic E-state index is 11.9. The number of thioether (sulfide) groups is 1. The van der Waals surface area contributed by atoms with Crippen molar-refractivity contribution in [1.29, 1.82) is 0 Å². The topological polar surface area (TPSA) is 55.1 Å². The number of carbonyl (C=O) groups excluding carboxylic acids is 1. The predicted molar refractivity (Wildman–Crippen MR) is 87.9 cm³/mol. The summed E-state index contributed by atoms with van der Waals surface area (Å²) in [5.74, 6) is 0.981.